The number of nitro groups is 1. The lowest BCUT2D eigenvalue weighted by molar-refractivity contribution is -0.385. The number of hydrogen-bond acceptors (Lipinski definition) is 6. The van der Waals surface area contributed by atoms with Crippen molar-refractivity contribution in [1.82, 2.24) is 14.9 Å². The number of carbonyl (C=O) groups excluding carboxylic acids is 1. The summed E-state index contributed by atoms with van der Waals surface area (Å²) in [5, 5.41) is 25.4. The third-order valence-corrected chi connectivity index (χ3v) is 3.78. The van der Waals surface area contributed by atoms with Gasteiger partial charge >= 0.3 is 0 Å². The number of benzene rings is 2. The van der Waals surface area contributed by atoms with E-state index in [1.807, 2.05) is 0 Å². The molecule has 0 fully saturated rings. The number of carbonyl (C=O) groups is 1. The highest BCUT2D eigenvalue weighted by Crippen LogP contribution is 2.20. The molecule has 0 aliphatic rings. The lowest BCUT2D eigenvalue weighted by Crippen LogP contribution is -2.32. The second-order valence-corrected chi connectivity index (χ2v) is 5.52. The van der Waals surface area contributed by atoms with Crippen molar-refractivity contribution >= 4 is 22.5 Å². The van der Waals surface area contributed by atoms with Crippen LogP contribution in [0.5, 0.6) is 5.75 Å². The van der Waals surface area contributed by atoms with Gasteiger partial charge < -0.3 is 10.4 Å². The fourth-order valence-corrected chi connectivity index (χ4v) is 2.44. The summed E-state index contributed by atoms with van der Waals surface area (Å²) in [6.07, 6.45) is 1.27. The number of nitro benzene ring substituents is 1. The van der Waals surface area contributed by atoms with Crippen molar-refractivity contribution in [3.8, 4) is 5.75 Å². The van der Waals surface area contributed by atoms with Crippen molar-refractivity contribution in [2.75, 3.05) is 0 Å². The van der Waals surface area contributed by atoms with Gasteiger partial charge in [-0.3, -0.25) is 24.3 Å². The molecule has 0 unspecified atom stereocenters. The van der Waals surface area contributed by atoms with E-state index in [2.05, 4.69) is 10.3 Å². The molecule has 0 spiro atoms. The molecule has 0 aliphatic heterocycles. The van der Waals surface area contributed by atoms with Crippen LogP contribution in [0.15, 0.2) is 53.6 Å². The van der Waals surface area contributed by atoms with Gasteiger partial charge in [-0.1, -0.05) is 18.2 Å². The van der Waals surface area contributed by atoms with Gasteiger partial charge in [0.2, 0.25) is 5.91 Å². The van der Waals surface area contributed by atoms with Gasteiger partial charge in [-0.15, -0.1) is 5.75 Å². The Labute approximate surface area is 146 Å². The number of non-ortho nitro benzene ring substituents is 1. The molecule has 2 aromatic carbocycles. The van der Waals surface area contributed by atoms with E-state index < -0.39 is 16.6 Å². The van der Waals surface area contributed by atoms with E-state index in [4.69, 9.17) is 0 Å². The number of aromatic nitrogens is 2. The average Bonchev–Trinajstić information content (AvgIpc) is 2.63. The number of para-hydroxylation sites is 1. The molecule has 1 amide bonds. The highest BCUT2D eigenvalue weighted by Gasteiger charge is 2.10. The van der Waals surface area contributed by atoms with Gasteiger partial charge in [0, 0.05) is 18.7 Å². The molecule has 0 aliphatic carbocycles. The first-order valence-electron chi connectivity index (χ1n) is 7.61. The Balaban J connectivity index is 1.72. The predicted octanol–water partition coefficient (Wildman–Crippen LogP) is 0.695. The Kier molecular flexibility index (Phi) is 4.61. The number of nitrogens with zero attached hydrogens (tertiary/aromatic N) is 3. The lowest BCUT2D eigenvalue weighted by Gasteiger charge is -2.14. The highest BCUT2D eigenvalue weighted by atomic mass is 16.6. The normalized spacial score (nSPS) is 10.6. The fraction of sp³-hybridized carbons (Fsp3) is 0.118. The average molecular weight is 353 g/mol. The topological polar surface area (TPSA) is 130 Å². The van der Waals surface area contributed by atoms with Crippen LogP contribution in [0.2, 0.25) is 0 Å². The molecule has 9 nitrogen and oxygen atoms in total. The molecule has 3 rings (SSSR count). The summed E-state index contributed by atoms with van der Waals surface area (Å²) in [7, 11) is 0. The van der Waals surface area contributed by atoms with E-state index in [1.54, 1.807) is 24.3 Å². The van der Waals surface area contributed by atoms with E-state index >= 15 is 0 Å². The molecule has 0 saturated carbocycles. The van der Waals surface area contributed by atoms with E-state index in [0.717, 1.165) is 22.8 Å². The molecule has 0 bridgehead atoms. The highest BCUT2D eigenvalue weighted by molar-refractivity contribution is 5.78. The van der Waals surface area contributed by atoms with Gasteiger partial charge in [-0.25, -0.2) is 4.98 Å². The number of hydrogen-bond donors (Lipinski definition) is 1. The SMILES string of the molecule is O=C(Cn1cnc2ccccc2c1=O)NCc1cc([N+](=O)[O-])ccc1[O-]. The van der Waals surface area contributed by atoms with Crippen molar-refractivity contribution in [3.63, 3.8) is 0 Å². The van der Waals surface area contributed by atoms with Crippen LogP contribution in [-0.2, 0) is 17.9 Å². The Morgan fingerprint density at radius 3 is 2.77 bits per heavy atom. The summed E-state index contributed by atoms with van der Waals surface area (Å²) in [5.41, 5.74) is 0.0349. The zero-order chi connectivity index (χ0) is 18.7. The zero-order valence-electron chi connectivity index (χ0n) is 13.4. The van der Waals surface area contributed by atoms with Crippen LogP contribution in [0.1, 0.15) is 5.56 Å². The second-order valence-electron chi connectivity index (χ2n) is 5.52. The standard InChI is InChI=1S/C17H14N4O5/c22-15-6-5-12(21(25)26)7-11(15)8-18-16(23)9-20-10-19-14-4-2-1-3-13(14)17(20)24/h1-7,10,22H,8-9H2,(H,18,23)/p-1. The predicted molar refractivity (Wildman–Crippen MR) is 90.4 cm³/mol. The summed E-state index contributed by atoms with van der Waals surface area (Å²) in [4.78, 5) is 38.7. The van der Waals surface area contributed by atoms with Crippen LogP contribution in [0.4, 0.5) is 5.69 Å². The molecular weight excluding hydrogens is 340 g/mol. The number of amides is 1. The van der Waals surface area contributed by atoms with Crippen molar-refractivity contribution in [3.05, 3.63) is 74.8 Å². The largest absolute Gasteiger partial charge is 0.872 e. The molecule has 0 atom stereocenters. The summed E-state index contributed by atoms with van der Waals surface area (Å²) in [6.45, 7) is -0.450. The van der Waals surface area contributed by atoms with Crippen molar-refractivity contribution in [2.45, 2.75) is 13.1 Å². The Morgan fingerprint density at radius 1 is 1.23 bits per heavy atom. The molecule has 0 saturated heterocycles. The van der Waals surface area contributed by atoms with Crippen molar-refractivity contribution in [1.29, 1.82) is 0 Å². The van der Waals surface area contributed by atoms with Gasteiger partial charge in [-0.2, -0.15) is 0 Å². The Bertz CT molecular complexity index is 1060. The Hall–Kier alpha value is -3.75. The molecule has 26 heavy (non-hydrogen) atoms. The van der Waals surface area contributed by atoms with Crippen LogP contribution in [-0.4, -0.2) is 20.4 Å². The van der Waals surface area contributed by atoms with Crippen LogP contribution in [0.25, 0.3) is 10.9 Å². The van der Waals surface area contributed by atoms with E-state index in [1.165, 1.54) is 6.33 Å². The van der Waals surface area contributed by atoms with Gasteiger partial charge in [0.15, 0.2) is 0 Å². The Morgan fingerprint density at radius 2 is 2.00 bits per heavy atom. The van der Waals surface area contributed by atoms with Crippen LogP contribution < -0.4 is 16.0 Å². The fourth-order valence-electron chi connectivity index (χ4n) is 2.44. The quantitative estimate of drug-likeness (QED) is 0.530. The van der Waals surface area contributed by atoms with E-state index in [9.17, 15) is 24.8 Å². The third-order valence-electron chi connectivity index (χ3n) is 3.78. The second kappa shape index (κ2) is 7.01. The van der Waals surface area contributed by atoms with Gasteiger partial charge in [-0.05, 0) is 17.7 Å². The number of fused-ring (bicyclic) bond motifs is 1. The maximum absolute atomic E-state index is 12.3. The first-order valence-corrected chi connectivity index (χ1v) is 7.61. The van der Waals surface area contributed by atoms with E-state index in [-0.39, 0.29) is 29.9 Å². The van der Waals surface area contributed by atoms with Crippen LogP contribution >= 0.6 is 0 Å². The monoisotopic (exact) mass is 353 g/mol. The molecule has 9 heteroatoms. The summed E-state index contributed by atoms with van der Waals surface area (Å²) >= 11 is 0. The lowest BCUT2D eigenvalue weighted by atomic mass is 10.2. The minimum atomic E-state index is -0.620. The maximum atomic E-state index is 12.3. The number of nitrogens with one attached hydrogen (secondary N) is 1. The molecule has 3 aromatic rings. The van der Waals surface area contributed by atoms with Gasteiger partial charge in [0.1, 0.15) is 6.54 Å². The van der Waals surface area contributed by atoms with Gasteiger partial charge in [0.05, 0.1) is 22.2 Å². The molecule has 1 aromatic heterocycles. The molecule has 0 radical (unpaired) electrons. The van der Waals surface area contributed by atoms with Crippen LogP contribution in [0.3, 0.4) is 0 Å². The summed E-state index contributed by atoms with van der Waals surface area (Å²) in [5.74, 6) is -0.935. The summed E-state index contributed by atoms with van der Waals surface area (Å²) in [6, 6.07) is 10.1. The smallest absolute Gasteiger partial charge is 0.269 e. The van der Waals surface area contributed by atoms with Crippen molar-refractivity contribution < 1.29 is 14.8 Å². The first-order chi connectivity index (χ1) is 12.5. The number of rotatable bonds is 5. The third kappa shape index (κ3) is 3.51. The first kappa shape index (κ1) is 17.1. The molecular formula is C17H13N4O5-. The zero-order valence-corrected chi connectivity index (χ0v) is 13.4. The van der Waals surface area contributed by atoms with Crippen molar-refractivity contribution in [2.24, 2.45) is 0 Å². The minimum absolute atomic E-state index is 0.0940. The van der Waals surface area contributed by atoms with Gasteiger partial charge in [0.25, 0.3) is 11.2 Å². The van der Waals surface area contributed by atoms with E-state index in [0.29, 0.717) is 10.9 Å². The minimum Gasteiger partial charge on any atom is -0.872 e. The molecule has 132 valence electrons. The molecule has 1 N–H and O–H groups in total. The summed E-state index contributed by atoms with van der Waals surface area (Å²) < 4.78 is 1.16. The van der Waals surface area contributed by atoms with Crippen LogP contribution in [0, 0.1) is 10.1 Å². The molecule has 1 heterocycles. The maximum Gasteiger partial charge on any atom is 0.269 e.